The van der Waals surface area contributed by atoms with Crippen LogP contribution in [-0.4, -0.2) is 57.8 Å². The molecule has 1 aromatic heterocycles. The van der Waals surface area contributed by atoms with E-state index in [0.29, 0.717) is 5.56 Å². The van der Waals surface area contributed by atoms with Crippen LogP contribution < -0.4 is 21.7 Å². The molecule has 0 aliphatic carbocycles. The highest BCUT2D eigenvalue weighted by Gasteiger charge is 2.26. The molecule has 0 spiro atoms. The molecule has 0 saturated carbocycles. The Kier molecular flexibility index (Phi) is 7.86. The lowest BCUT2D eigenvalue weighted by atomic mass is 10.1. The Bertz CT molecular complexity index is 723. The molecule has 1 rings (SSSR count). The van der Waals surface area contributed by atoms with Crippen molar-refractivity contribution in [2.75, 3.05) is 0 Å². The van der Waals surface area contributed by atoms with Crippen LogP contribution in [0.4, 0.5) is 0 Å². The summed E-state index contributed by atoms with van der Waals surface area (Å²) >= 11 is 0. The fourth-order valence-electron chi connectivity index (χ4n) is 1.95. The van der Waals surface area contributed by atoms with Gasteiger partial charge in [-0.15, -0.1) is 0 Å². The SMILES string of the molecule is C[C@H](NC(=O)c1ccncc1)C(=O)N[C@H](C)C(=O)N[C@@H](CC(N)=O)C(=O)O. The molecule has 11 heteroatoms. The normalized spacial score (nSPS) is 13.6. The Labute approximate surface area is 154 Å². The third kappa shape index (κ3) is 7.10. The molecule has 146 valence electrons. The van der Waals surface area contributed by atoms with Gasteiger partial charge in [-0.2, -0.15) is 0 Å². The number of aromatic nitrogens is 1. The summed E-state index contributed by atoms with van der Waals surface area (Å²) in [5.74, 6) is -4.29. The number of carboxylic acid groups (broad SMARTS) is 1. The van der Waals surface area contributed by atoms with Gasteiger partial charge in [0.05, 0.1) is 6.42 Å². The topological polar surface area (TPSA) is 181 Å². The van der Waals surface area contributed by atoms with Crippen LogP contribution in [0.2, 0.25) is 0 Å². The van der Waals surface area contributed by atoms with E-state index < -0.39 is 54.1 Å². The second-order valence-corrected chi connectivity index (χ2v) is 5.73. The average molecular weight is 379 g/mol. The van der Waals surface area contributed by atoms with Gasteiger partial charge in [-0.3, -0.25) is 24.2 Å². The Morgan fingerprint density at radius 1 is 1.00 bits per heavy atom. The Morgan fingerprint density at radius 3 is 2.04 bits per heavy atom. The van der Waals surface area contributed by atoms with Crippen molar-refractivity contribution in [2.45, 2.75) is 38.4 Å². The van der Waals surface area contributed by atoms with E-state index >= 15 is 0 Å². The van der Waals surface area contributed by atoms with Crippen molar-refractivity contribution < 1.29 is 29.1 Å². The van der Waals surface area contributed by atoms with E-state index in [4.69, 9.17) is 10.8 Å². The molecule has 0 fully saturated rings. The third-order valence-corrected chi connectivity index (χ3v) is 3.46. The van der Waals surface area contributed by atoms with Gasteiger partial charge in [-0.05, 0) is 26.0 Å². The van der Waals surface area contributed by atoms with Crippen molar-refractivity contribution >= 4 is 29.6 Å². The number of rotatable bonds is 9. The lowest BCUT2D eigenvalue weighted by Gasteiger charge is -2.20. The number of hydrogen-bond donors (Lipinski definition) is 5. The number of hydrogen-bond acceptors (Lipinski definition) is 6. The highest BCUT2D eigenvalue weighted by atomic mass is 16.4. The van der Waals surface area contributed by atoms with Crippen molar-refractivity contribution in [1.82, 2.24) is 20.9 Å². The minimum atomic E-state index is -1.50. The molecule has 3 atom stereocenters. The number of aliphatic carboxylic acids is 1. The van der Waals surface area contributed by atoms with E-state index in [-0.39, 0.29) is 0 Å². The van der Waals surface area contributed by atoms with Crippen LogP contribution in [-0.2, 0) is 19.2 Å². The van der Waals surface area contributed by atoms with E-state index in [0.717, 1.165) is 0 Å². The zero-order valence-electron chi connectivity index (χ0n) is 14.8. The summed E-state index contributed by atoms with van der Waals surface area (Å²) in [6, 6.07) is -0.616. The Balaban J connectivity index is 2.58. The third-order valence-electron chi connectivity index (χ3n) is 3.46. The smallest absolute Gasteiger partial charge is 0.326 e. The molecule has 0 aromatic carbocycles. The fourth-order valence-corrected chi connectivity index (χ4v) is 1.95. The average Bonchev–Trinajstić information content (AvgIpc) is 2.60. The van der Waals surface area contributed by atoms with E-state index in [2.05, 4.69) is 20.9 Å². The van der Waals surface area contributed by atoms with Crippen LogP contribution in [0, 0.1) is 0 Å². The lowest BCUT2D eigenvalue weighted by Crippen LogP contribution is -2.54. The van der Waals surface area contributed by atoms with Gasteiger partial charge in [0, 0.05) is 18.0 Å². The predicted molar refractivity (Wildman–Crippen MR) is 92.1 cm³/mol. The quantitative estimate of drug-likeness (QED) is 0.334. The molecular weight excluding hydrogens is 358 g/mol. The summed E-state index contributed by atoms with van der Waals surface area (Å²) in [7, 11) is 0. The van der Waals surface area contributed by atoms with Crippen molar-refractivity contribution in [3.8, 4) is 0 Å². The van der Waals surface area contributed by atoms with Crippen molar-refractivity contribution in [3.63, 3.8) is 0 Å². The number of carbonyl (C=O) groups is 5. The molecule has 0 aliphatic heterocycles. The number of nitrogens with zero attached hydrogens (tertiary/aromatic N) is 1. The zero-order valence-corrected chi connectivity index (χ0v) is 14.8. The van der Waals surface area contributed by atoms with Crippen LogP contribution in [0.25, 0.3) is 0 Å². The first-order chi connectivity index (χ1) is 12.6. The monoisotopic (exact) mass is 379 g/mol. The molecule has 11 nitrogen and oxygen atoms in total. The summed E-state index contributed by atoms with van der Waals surface area (Å²) in [4.78, 5) is 61.8. The first kappa shape index (κ1) is 21.5. The first-order valence-corrected chi connectivity index (χ1v) is 7.94. The molecule has 0 saturated heterocycles. The molecule has 1 aromatic rings. The Hall–Kier alpha value is -3.50. The van der Waals surface area contributed by atoms with Crippen molar-refractivity contribution in [2.24, 2.45) is 5.73 Å². The minimum Gasteiger partial charge on any atom is -0.480 e. The second kappa shape index (κ2) is 9.85. The van der Waals surface area contributed by atoms with E-state index in [1.165, 1.54) is 38.4 Å². The number of nitrogens with one attached hydrogen (secondary N) is 3. The number of primary amides is 1. The Morgan fingerprint density at radius 2 is 1.52 bits per heavy atom. The van der Waals surface area contributed by atoms with Gasteiger partial charge < -0.3 is 26.8 Å². The molecular formula is C16H21N5O6. The largest absolute Gasteiger partial charge is 0.480 e. The van der Waals surface area contributed by atoms with Crippen molar-refractivity contribution in [1.29, 1.82) is 0 Å². The lowest BCUT2D eigenvalue weighted by molar-refractivity contribution is -0.143. The molecule has 4 amide bonds. The molecule has 0 aliphatic rings. The van der Waals surface area contributed by atoms with Gasteiger partial charge >= 0.3 is 5.97 Å². The standard InChI is InChI=1S/C16H21N5O6/c1-8(20-15(25)10-3-5-18-6-4-10)13(23)19-9(2)14(24)21-11(16(26)27)7-12(17)22/h3-6,8-9,11H,7H2,1-2H3,(H2,17,22)(H,19,23)(H,20,25)(H,21,24)(H,26,27)/t8-,9+,11-/m0/s1. The maximum atomic E-state index is 12.1. The number of nitrogens with two attached hydrogens (primary N) is 1. The highest BCUT2D eigenvalue weighted by molar-refractivity contribution is 5.98. The van der Waals surface area contributed by atoms with Crippen LogP contribution in [0.1, 0.15) is 30.6 Å². The predicted octanol–water partition coefficient (Wildman–Crippen LogP) is -1.85. The second-order valence-electron chi connectivity index (χ2n) is 5.73. The van der Waals surface area contributed by atoms with Crippen LogP contribution in [0.5, 0.6) is 0 Å². The minimum absolute atomic E-state index is 0.311. The molecule has 0 unspecified atom stereocenters. The summed E-state index contributed by atoms with van der Waals surface area (Å²) in [5, 5.41) is 15.9. The van der Waals surface area contributed by atoms with E-state index in [1.54, 1.807) is 0 Å². The summed E-state index contributed by atoms with van der Waals surface area (Å²) < 4.78 is 0. The van der Waals surface area contributed by atoms with Crippen LogP contribution in [0.15, 0.2) is 24.5 Å². The summed E-state index contributed by atoms with van der Waals surface area (Å²) in [6.07, 6.45) is 2.27. The zero-order chi connectivity index (χ0) is 20.6. The fraction of sp³-hybridized carbons (Fsp3) is 0.375. The van der Waals surface area contributed by atoms with Gasteiger partial charge in [0.25, 0.3) is 5.91 Å². The molecule has 0 bridgehead atoms. The van der Waals surface area contributed by atoms with E-state index in [9.17, 15) is 24.0 Å². The van der Waals surface area contributed by atoms with Crippen LogP contribution in [0.3, 0.4) is 0 Å². The van der Waals surface area contributed by atoms with Gasteiger partial charge in [-0.25, -0.2) is 4.79 Å². The number of pyridine rings is 1. The number of amides is 4. The molecule has 1 heterocycles. The molecule has 0 radical (unpaired) electrons. The van der Waals surface area contributed by atoms with Crippen molar-refractivity contribution in [3.05, 3.63) is 30.1 Å². The van der Waals surface area contributed by atoms with E-state index in [1.807, 2.05) is 0 Å². The highest BCUT2D eigenvalue weighted by Crippen LogP contribution is 1.98. The van der Waals surface area contributed by atoms with Gasteiger partial charge in [0.2, 0.25) is 17.7 Å². The summed E-state index contributed by atoms with van der Waals surface area (Å²) in [6.45, 7) is 2.75. The van der Waals surface area contributed by atoms with Crippen LogP contribution >= 0.6 is 0 Å². The van der Waals surface area contributed by atoms with Gasteiger partial charge in [0.1, 0.15) is 18.1 Å². The first-order valence-electron chi connectivity index (χ1n) is 7.94. The maximum Gasteiger partial charge on any atom is 0.326 e. The van der Waals surface area contributed by atoms with Gasteiger partial charge in [-0.1, -0.05) is 0 Å². The molecule has 6 N–H and O–H groups in total. The molecule has 27 heavy (non-hydrogen) atoms. The van der Waals surface area contributed by atoms with Gasteiger partial charge in [0.15, 0.2) is 0 Å². The number of carbonyl (C=O) groups excluding carboxylic acids is 4. The number of carboxylic acids is 1. The summed E-state index contributed by atoms with van der Waals surface area (Å²) in [5.41, 5.74) is 5.24. The maximum absolute atomic E-state index is 12.1.